The molecule has 0 aliphatic carbocycles. The molecule has 1 fully saturated rings. The van der Waals surface area contributed by atoms with E-state index in [1.165, 1.54) is 0 Å². The van der Waals surface area contributed by atoms with E-state index in [-0.39, 0.29) is 146 Å². The van der Waals surface area contributed by atoms with Crippen LogP contribution in [0.5, 0.6) is 0 Å². The molecule has 1 aliphatic rings. The number of nitrogens with zero attached hydrogens (tertiary/aromatic N) is 5. The van der Waals surface area contributed by atoms with Crippen molar-refractivity contribution in [1.29, 1.82) is 0 Å². The first-order valence-electron chi connectivity index (χ1n) is 21.2. The molecular formula is C41H64LuN8O15+3. The molecule has 0 saturated carbocycles. The van der Waals surface area contributed by atoms with Crippen LogP contribution in [0, 0.1) is 43.8 Å². The summed E-state index contributed by atoms with van der Waals surface area (Å²) in [5, 5.41) is 53.9. The fourth-order valence-corrected chi connectivity index (χ4v) is 6.78. The zero-order valence-corrected chi connectivity index (χ0v) is 38.3. The average Bonchev–Trinajstić information content (AvgIpc) is 3.21. The summed E-state index contributed by atoms with van der Waals surface area (Å²) in [6, 6.07) is 5.27. The molecule has 370 valence electrons. The smallest absolute Gasteiger partial charge is 0.481 e. The van der Waals surface area contributed by atoms with E-state index in [4.69, 9.17) is 9.84 Å². The van der Waals surface area contributed by atoms with Gasteiger partial charge in [-0.2, -0.15) is 0 Å². The van der Waals surface area contributed by atoms with Gasteiger partial charge in [0.1, 0.15) is 6.04 Å². The zero-order chi connectivity index (χ0) is 47.4. The minimum atomic E-state index is -1.48. The zero-order valence-electron chi connectivity index (χ0n) is 36.6. The molecule has 1 aliphatic heterocycles. The van der Waals surface area contributed by atoms with Crippen molar-refractivity contribution >= 4 is 54.2 Å². The maximum atomic E-state index is 13.5. The number of aliphatic carboxylic acids is 5. The number of carboxylic acids is 5. The van der Waals surface area contributed by atoms with E-state index >= 15 is 0 Å². The maximum Gasteiger partial charge on any atom is 3.00 e. The number of urea groups is 1. The molecule has 65 heavy (non-hydrogen) atoms. The standard InChI is InChI=1S/C41H64N8O15.Lu/c1-30-8-10-31(11-9-30)24-49(15-5-3-6-34(64-29-50)44-41(63)43-32(40(61)62)12-13-36(53)54)35(52)7-2-4-14-42-33(51)25-45-16-18-46(26-37(55)56)20-22-48(28-39(59)60)23-21-47(19-17-45)27-38(57)58;/h8-11,29,32,34H,2-7,12-28H2,1H3,(H,42,51)(H,53,54)(H,55,56)(H,57,58)(H,59,60)(H,61,62)(H2,43,44,63);/q;+3/t32-,34+;/m1./s1. The number of carboxylic acid groups (broad SMARTS) is 5. The first-order chi connectivity index (χ1) is 30.4. The third kappa shape index (κ3) is 27.4. The largest absolute Gasteiger partial charge is 3.00 e. The number of ether oxygens (including phenoxy) is 1. The minimum Gasteiger partial charge on any atom is -0.481 e. The number of rotatable bonds is 28. The Morgan fingerprint density at radius 3 is 1.63 bits per heavy atom. The van der Waals surface area contributed by atoms with E-state index in [1.54, 1.807) is 19.6 Å². The van der Waals surface area contributed by atoms with E-state index < -0.39 is 54.6 Å². The van der Waals surface area contributed by atoms with Gasteiger partial charge < -0.3 is 51.1 Å². The normalized spacial score (nSPS) is 15.3. The van der Waals surface area contributed by atoms with E-state index in [9.17, 15) is 63.6 Å². The monoisotopic (exact) mass is 1080 g/mol. The molecule has 1 saturated heterocycles. The maximum absolute atomic E-state index is 13.5. The summed E-state index contributed by atoms with van der Waals surface area (Å²) in [4.78, 5) is 116. The number of nitrogens with one attached hydrogen (secondary N) is 3. The molecule has 1 aromatic carbocycles. The molecule has 24 heteroatoms. The van der Waals surface area contributed by atoms with E-state index in [2.05, 4.69) is 16.0 Å². The topological polar surface area (TPSA) is 316 Å². The Kier molecular flexibility index (Phi) is 29.5. The van der Waals surface area contributed by atoms with Gasteiger partial charge >= 0.3 is 72.8 Å². The van der Waals surface area contributed by atoms with Gasteiger partial charge in [-0.1, -0.05) is 29.8 Å². The summed E-state index contributed by atoms with van der Waals surface area (Å²) >= 11 is 0. The van der Waals surface area contributed by atoms with Crippen LogP contribution in [-0.4, -0.2) is 208 Å². The molecule has 8 N–H and O–H groups in total. The van der Waals surface area contributed by atoms with Gasteiger partial charge in [-0.25, -0.2) is 9.59 Å². The second-order valence-electron chi connectivity index (χ2n) is 15.6. The first-order valence-corrected chi connectivity index (χ1v) is 21.2. The molecule has 1 aromatic rings. The summed E-state index contributed by atoms with van der Waals surface area (Å²) < 4.78 is 4.96. The summed E-state index contributed by atoms with van der Waals surface area (Å²) in [5.74, 6) is -6.25. The molecule has 0 bridgehead atoms. The number of carbonyl (C=O) groups excluding carboxylic acids is 4. The number of benzene rings is 1. The van der Waals surface area contributed by atoms with Gasteiger partial charge in [0.05, 0.1) is 26.2 Å². The fourth-order valence-electron chi connectivity index (χ4n) is 6.78. The Morgan fingerprint density at radius 1 is 0.662 bits per heavy atom. The van der Waals surface area contributed by atoms with Crippen LogP contribution in [0.25, 0.3) is 0 Å². The molecule has 0 unspecified atom stereocenters. The van der Waals surface area contributed by atoms with Crippen LogP contribution in [0.15, 0.2) is 24.3 Å². The van der Waals surface area contributed by atoms with E-state index in [0.717, 1.165) is 11.1 Å². The average molecular weight is 1080 g/mol. The summed E-state index contributed by atoms with van der Waals surface area (Å²) in [6.07, 6.45) is 0.142. The minimum absolute atomic E-state index is 0. The van der Waals surface area contributed by atoms with Crippen LogP contribution in [0.4, 0.5) is 4.79 Å². The van der Waals surface area contributed by atoms with Crippen molar-refractivity contribution in [3.8, 4) is 0 Å². The molecule has 23 nitrogen and oxygen atoms in total. The number of hydrogen-bond donors (Lipinski definition) is 8. The molecule has 2 atom stereocenters. The van der Waals surface area contributed by atoms with Gasteiger partial charge in [0, 0.05) is 91.3 Å². The van der Waals surface area contributed by atoms with E-state index in [0.29, 0.717) is 51.9 Å². The Morgan fingerprint density at radius 2 is 1.17 bits per heavy atom. The van der Waals surface area contributed by atoms with Crippen LogP contribution < -0.4 is 16.0 Å². The van der Waals surface area contributed by atoms with Gasteiger partial charge in [0.15, 0.2) is 6.23 Å². The van der Waals surface area contributed by atoms with Crippen molar-refractivity contribution in [2.24, 2.45) is 0 Å². The van der Waals surface area contributed by atoms with Gasteiger partial charge in [-0.15, -0.1) is 0 Å². The first kappa shape index (κ1) is 58.3. The molecule has 0 radical (unpaired) electrons. The SMILES string of the molecule is Cc1ccc(CN(CCCC[C@@H](NC(=O)N[C@H](CCC(=O)O)C(=O)O)OC=O)C(=O)CCCCNC(=O)CN2CCN(CC(=O)O)CCN(CC(=O)O)CCN(CC(=O)O)CC2)cc1.[Lu+3]. The Labute approximate surface area is 406 Å². The molecule has 4 amide bonds. The van der Waals surface area contributed by atoms with Crippen LogP contribution in [0.3, 0.4) is 0 Å². The predicted molar refractivity (Wildman–Crippen MR) is 227 cm³/mol. The third-order valence-electron chi connectivity index (χ3n) is 10.3. The van der Waals surface area contributed by atoms with Crippen molar-refractivity contribution in [3.63, 3.8) is 0 Å². The quantitative estimate of drug-likeness (QED) is 0.0294. The van der Waals surface area contributed by atoms with Crippen molar-refractivity contribution in [2.45, 2.75) is 77.1 Å². The fraction of sp³-hybridized carbons (Fsp3) is 0.634. The number of carbonyl (C=O) groups is 9. The van der Waals surface area contributed by atoms with Crippen molar-refractivity contribution in [2.75, 3.05) is 91.6 Å². The van der Waals surface area contributed by atoms with E-state index in [1.807, 2.05) is 36.1 Å². The van der Waals surface area contributed by atoms with Crippen molar-refractivity contribution < 1.29 is 110 Å². The predicted octanol–water partition coefficient (Wildman–Crippen LogP) is -0.628. The molecule has 0 spiro atoms. The van der Waals surface area contributed by atoms with Gasteiger partial charge in [-0.05, 0) is 44.6 Å². The second-order valence-corrected chi connectivity index (χ2v) is 15.6. The number of hydrogen-bond acceptors (Lipinski definition) is 14. The summed E-state index contributed by atoms with van der Waals surface area (Å²) in [7, 11) is 0. The van der Waals surface area contributed by atoms with Crippen LogP contribution in [0.2, 0.25) is 0 Å². The van der Waals surface area contributed by atoms with Gasteiger partial charge in [0.2, 0.25) is 11.8 Å². The van der Waals surface area contributed by atoms with Crippen molar-refractivity contribution in [1.82, 2.24) is 40.4 Å². The number of amides is 4. The van der Waals surface area contributed by atoms with Gasteiger partial charge in [0.25, 0.3) is 6.47 Å². The van der Waals surface area contributed by atoms with Crippen LogP contribution in [0.1, 0.15) is 62.5 Å². The molecule has 0 aromatic heterocycles. The Hall–Kier alpha value is -4.68. The van der Waals surface area contributed by atoms with Crippen LogP contribution >= 0.6 is 0 Å². The molecular weight excluding hydrogens is 1020 g/mol. The Bertz CT molecular complexity index is 1660. The van der Waals surface area contributed by atoms with Crippen molar-refractivity contribution in [3.05, 3.63) is 35.4 Å². The van der Waals surface area contributed by atoms with Gasteiger partial charge in [-0.3, -0.25) is 53.2 Å². The summed E-state index contributed by atoms with van der Waals surface area (Å²) in [5.41, 5.74) is 1.95. The third-order valence-corrected chi connectivity index (χ3v) is 10.3. The Balaban J connectivity index is 0.0000211. The van der Waals surface area contributed by atoms with Crippen LogP contribution in [-0.2, 0) is 49.6 Å². The molecule has 2 rings (SSSR count). The molecule has 1 heterocycles. The second kappa shape index (κ2) is 32.9. The summed E-state index contributed by atoms with van der Waals surface area (Å²) in [6.45, 7) is 4.29. The number of aryl methyl sites for hydroxylation is 1. The number of unbranched alkanes of at least 4 members (excludes halogenated alkanes) is 2.